The van der Waals surface area contributed by atoms with Gasteiger partial charge in [-0.2, -0.15) is 0 Å². The predicted molar refractivity (Wildman–Crippen MR) is 56.5 cm³/mol. The zero-order valence-corrected chi connectivity index (χ0v) is 9.44. The minimum atomic E-state index is -2.93. The number of rotatable bonds is 3. The minimum absolute atomic E-state index is 0.0276. The standard InChI is InChI=1S/C7H6F2IN3O2/c8-6(9)5-3(1-11)7(10)12-2-4(5)13(14)15/h2,6H,1,11H2. The maximum Gasteiger partial charge on any atom is 0.296 e. The summed E-state index contributed by atoms with van der Waals surface area (Å²) in [5.74, 6) is 0. The molecule has 0 radical (unpaired) electrons. The lowest BCUT2D eigenvalue weighted by Crippen LogP contribution is -2.09. The number of nitro groups is 1. The lowest BCUT2D eigenvalue weighted by atomic mass is 10.1. The fourth-order valence-electron chi connectivity index (χ4n) is 1.11. The first-order valence-corrected chi connectivity index (χ1v) is 4.86. The Morgan fingerprint density at radius 3 is 2.67 bits per heavy atom. The molecule has 0 unspecified atom stereocenters. The minimum Gasteiger partial charge on any atom is -0.326 e. The van der Waals surface area contributed by atoms with Gasteiger partial charge in [0, 0.05) is 12.1 Å². The fourth-order valence-corrected chi connectivity index (χ4v) is 1.76. The molecule has 0 saturated heterocycles. The molecular formula is C7H6F2IN3O2. The van der Waals surface area contributed by atoms with Crippen LogP contribution in [0.5, 0.6) is 0 Å². The van der Waals surface area contributed by atoms with Crippen LogP contribution in [-0.2, 0) is 6.54 Å². The summed E-state index contributed by atoms with van der Waals surface area (Å²) in [4.78, 5) is 13.3. The molecule has 2 N–H and O–H groups in total. The zero-order chi connectivity index (χ0) is 11.6. The van der Waals surface area contributed by atoms with E-state index in [4.69, 9.17) is 5.73 Å². The van der Waals surface area contributed by atoms with Crippen LogP contribution in [0.15, 0.2) is 6.20 Å². The quantitative estimate of drug-likeness (QED) is 0.398. The smallest absolute Gasteiger partial charge is 0.296 e. The van der Waals surface area contributed by atoms with E-state index in [0.29, 0.717) is 0 Å². The maximum atomic E-state index is 12.6. The van der Waals surface area contributed by atoms with E-state index in [1.54, 1.807) is 22.6 Å². The summed E-state index contributed by atoms with van der Waals surface area (Å²) >= 11 is 1.71. The van der Waals surface area contributed by atoms with Gasteiger partial charge < -0.3 is 5.73 Å². The number of aromatic nitrogens is 1. The summed E-state index contributed by atoms with van der Waals surface area (Å²) in [6, 6.07) is 0. The van der Waals surface area contributed by atoms with Gasteiger partial charge in [-0.15, -0.1) is 0 Å². The Hall–Kier alpha value is -0.900. The normalized spacial score (nSPS) is 10.7. The Morgan fingerprint density at radius 2 is 2.27 bits per heavy atom. The molecule has 0 aliphatic heterocycles. The van der Waals surface area contributed by atoms with Crippen LogP contribution in [0.3, 0.4) is 0 Å². The highest BCUT2D eigenvalue weighted by atomic mass is 127. The van der Waals surface area contributed by atoms with Gasteiger partial charge in [0.05, 0.1) is 4.92 Å². The first-order chi connectivity index (χ1) is 6.99. The third kappa shape index (κ3) is 2.37. The van der Waals surface area contributed by atoms with Crippen LogP contribution in [0.1, 0.15) is 17.6 Å². The second-order valence-electron chi connectivity index (χ2n) is 2.59. The van der Waals surface area contributed by atoms with Gasteiger partial charge in [-0.25, -0.2) is 13.8 Å². The van der Waals surface area contributed by atoms with Gasteiger partial charge in [0.25, 0.3) is 12.1 Å². The summed E-state index contributed by atoms with van der Waals surface area (Å²) < 4.78 is 25.5. The van der Waals surface area contributed by atoms with Crippen LogP contribution < -0.4 is 5.73 Å². The molecule has 0 fully saturated rings. The van der Waals surface area contributed by atoms with Crippen LogP contribution in [0.2, 0.25) is 0 Å². The molecule has 1 heterocycles. The first kappa shape index (κ1) is 12.2. The largest absolute Gasteiger partial charge is 0.326 e. The van der Waals surface area contributed by atoms with E-state index in [1.165, 1.54) is 0 Å². The van der Waals surface area contributed by atoms with Crippen molar-refractivity contribution in [2.75, 3.05) is 0 Å². The molecule has 0 bridgehead atoms. The lowest BCUT2D eigenvalue weighted by molar-refractivity contribution is -0.386. The molecule has 5 nitrogen and oxygen atoms in total. The maximum absolute atomic E-state index is 12.6. The lowest BCUT2D eigenvalue weighted by Gasteiger charge is -2.08. The zero-order valence-electron chi connectivity index (χ0n) is 7.28. The molecule has 0 amide bonds. The predicted octanol–water partition coefficient (Wildman–Crippen LogP) is 1.99. The molecule has 0 atom stereocenters. The van der Waals surface area contributed by atoms with E-state index < -0.39 is 22.6 Å². The Balaban J connectivity index is 3.49. The summed E-state index contributed by atoms with van der Waals surface area (Å²) in [6.45, 7) is -0.202. The number of hydrogen-bond acceptors (Lipinski definition) is 4. The van der Waals surface area contributed by atoms with Crippen molar-refractivity contribution in [1.29, 1.82) is 0 Å². The molecular weight excluding hydrogens is 323 g/mol. The second-order valence-corrected chi connectivity index (χ2v) is 3.61. The van der Waals surface area contributed by atoms with Gasteiger partial charge in [0.1, 0.15) is 15.5 Å². The fraction of sp³-hybridized carbons (Fsp3) is 0.286. The van der Waals surface area contributed by atoms with Crippen molar-refractivity contribution in [2.45, 2.75) is 13.0 Å². The Kier molecular flexibility index (Phi) is 3.85. The SMILES string of the molecule is NCc1c(I)ncc([N+](=O)[O-])c1C(F)F. The molecule has 82 valence electrons. The highest BCUT2D eigenvalue weighted by Crippen LogP contribution is 2.32. The van der Waals surface area contributed by atoms with Crippen molar-refractivity contribution < 1.29 is 13.7 Å². The molecule has 0 aliphatic rings. The van der Waals surface area contributed by atoms with Gasteiger partial charge in [-0.3, -0.25) is 10.1 Å². The molecule has 15 heavy (non-hydrogen) atoms. The van der Waals surface area contributed by atoms with Crippen molar-refractivity contribution in [1.82, 2.24) is 4.98 Å². The Morgan fingerprint density at radius 1 is 1.67 bits per heavy atom. The average Bonchev–Trinajstić information content (AvgIpc) is 2.16. The van der Waals surface area contributed by atoms with Crippen LogP contribution in [0, 0.1) is 13.8 Å². The van der Waals surface area contributed by atoms with Crippen molar-refractivity contribution in [2.24, 2.45) is 5.73 Å². The van der Waals surface area contributed by atoms with Crippen LogP contribution in [-0.4, -0.2) is 9.91 Å². The van der Waals surface area contributed by atoms with E-state index in [2.05, 4.69) is 4.98 Å². The third-order valence-corrected chi connectivity index (χ3v) is 2.70. The average molecular weight is 329 g/mol. The van der Waals surface area contributed by atoms with Crippen molar-refractivity contribution in [3.63, 3.8) is 0 Å². The molecule has 0 aromatic carbocycles. The van der Waals surface area contributed by atoms with Gasteiger partial charge in [-0.1, -0.05) is 0 Å². The molecule has 0 saturated carbocycles. The van der Waals surface area contributed by atoms with Gasteiger partial charge >= 0.3 is 0 Å². The summed E-state index contributed by atoms with van der Waals surface area (Å²) in [6.07, 6.45) is -2.11. The highest BCUT2D eigenvalue weighted by molar-refractivity contribution is 14.1. The number of hydrogen-bond donors (Lipinski definition) is 1. The van der Waals surface area contributed by atoms with E-state index in [9.17, 15) is 18.9 Å². The number of nitrogens with zero attached hydrogens (tertiary/aromatic N) is 2. The van der Waals surface area contributed by atoms with Crippen LogP contribution in [0.25, 0.3) is 0 Å². The first-order valence-electron chi connectivity index (χ1n) is 3.79. The Bertz CT molecular complexity index is 400. The van der Waals surface area contributed by atoms with Gasteiger partial charge in [-0.05, 0) is 22.6 Å². The summed E-state index contributed by atoms with van der Waals surface area (Å²) in [5, 5.41) is 10.5. The number of halogens is 3. The van der Waals surface area contributed by atoms with E-state index in [0.717, 1.165) is 6.20 Å². The van der Waals surface area contributed by atoms with Crippen molar-refractivity contribution in [3.05, 3.63) is 31.1 Å². The highest BCUT2D eigenvalue weighted by Gasteiger charge is 2.27. The second kappa shape index (κ2) is 4.75. The van der Waals surface area contributed by atoms with E-state index in [1.807, 2.05) is 0 Å². The van der Waals surface area contributed by atoms with Gasteiger partial charge in [0.15, 0.2) is 0 Å². The molecule has 1 rings (SSSR count). The van der Waals surface area contributed by atoms with Crippen molar-refractivity contribution >= 4 is 28.3 Å². The topological polar surface area (TPSA) is 82.0 Å². The molecule has 0 aliphatic carbocycles. The van der Waals surface area contributed by atoms with E-state index in [-0.39, 0.29) is 15.8 Å². The molecule has 1 aromatic heterocycles. The van der Waals surface area contributed by atoms with Gasteiger partial charge in [0.2, 0.25) is 0 Å². The molecule has 1 aromatic rings. The van der Waals surface area contributed by atoms with Crippen LogP contribution in [0.4, 0.5) is 14.5 Å². The molecule has 0 spiro atoms. The Labute approximate surface area is 97.0 Å². The number of alkyl halides is 2. The summed E-state index contributed by atoms with van der Waals surface area (Å²) in [5.41, 5.74) is 3.96. The monoisotopic (exact) mass is 329 g/mol. The summed E-state index contributed by atoms with van der Waals surface area (Å²) in [7, 11) is 0. The van der Waals surface area contributed by atoms with Crippen LogP contribution >= 0.6 is 22.6 Å². The molecule has 8 heteroatoms. The van der Waals surface area contributed by atoms with E-state index >= 15 is 0 Å². The number of nitrogens with two attached hydrogens (primary N) is 1. The number of pyridine rings is 1. The van der Waals surface area contributed by atoms with Crippen molar-refractivity contribution in [3.8, 4) is 0 Å². The third-order valence-electron chi connectivity index (χ3n) is 1.77.